The van der Waals surface area contributed by atoms with Gasteiger partial charge in [-0.2, -0.15) is 0 Å². The Morgan fingerprint density at radius 1 is 1.32 bits per heavy atom. The van der Waals surface area contributed by atoms with Crippen LogP contribution in [0.5, 0.6) is 0 Å². The lowest BCUT2D eigenvalue weighted by Gasteiger charge is -2.33. The maximum Gasteiger partial charge on any atom is 0.254 e. The first-order chi connectivity index (χ1) is 11.6. The molecule has 0 spiro atoms. The summed E-state index contributed by atoms with van der Waals surface area (Å²) >= 11 is 0. The maximum atomic E-state index is 13.0. The summed E-state index contributed by atoms with van der Waals surface area (Å²) in [5.74, 6) is 0.509. The van der Waals surface area contributed by atoms with Gasteiger partial charge < -0.3 is 16.8 Å². The zero-order valence-electron chi connectivity index (χ0n) is 15.2. The fourth-order valence-corrected chi connectivity index (χ4v) is 3.45. The highest BCUT2D eigenvalue weighted by molar-refractivity contribution is 5.95. The first-order valence-electron chi connectivity index (χ1n) is 8.60. The van der Waals surface area contributed by atoms with Gasteiger partial charge in [-0.3, -0.25) is 9.78 Å². The smallest absolute Gasteiger partial charge is 0.254 e. The molecule has 5 heteroatoms. The second kappa shape index (κ2) is 8.23. The van der Waals surface area contributed by atoms with Crippen LogP contribution in [0.1, 0.15) is 51.5 Å². The van der Waals surface area contributed by atoms with E-state index < -0.39 is 0 Å². The fourth-order valence-electron chi connectivity index (χ4n) is 3.45. The van der Waals surface area contributed by atoms with Crippen molar-refractivity contribution in [2.45, 2.75) is 39.2 Å². The number of piperidine rings is 1. The van der Waals surface area contributed by atoms with E-state index in [1.165, 1.54) is 5.56 Å². The van der Waals surface area contributed by atoms with Crippen molar-refractivity contribution in [1.82, 2.24) is 16.0 Å². The number of likely N-dealkylation sites (tertiary alicyclic amines) is 1. The standard InChI is InChI=1S/C20H25N3O.H3N/c1-14-15(2)22-9-8-19(14)20(24)23-10-4-7-18(13-23)17-6-3-5-16(11-17)12-21;/h3,5-6,8-9,11,18H,4,7,10,12-13,21H2,1-2H3;1H3. The van der Waals surface area contributed by atoms with Crippen LogP contribution in [0.2, 0.25) is 0 Å². The van der Waals surface area contributed by atoms with E-state index in [-0.39, 0.29) is 12.1 Å². The molecule has 1 aromatic carbocycles. The normalized spacial score (nSPS) is 17.1. The van der Waals surface area contributed by atoms with Gasteiger partial charge in [-0.1, -0.05) is 24.3 Å². The number of nitrogens with two attached hydrogens (primary N) is 1. The number of aromatic nitrogens is 1. The highest BCUT2D eigenvalue weighted by atomic mass is 16.2. The number of hydrogen-bond acceptors (Lipinski definition) is 4. The molecule has 0 aliphatic carbocycles. The fraction of sp³-hybridized carbons (Fsp3) is 0.400. The first-order valence-corrected chi connectivity index (χ1v) is 8.60. The zero-order chi connectivity index (χ0) is 17.1. The number of benzene rings is 1. The van der Waals surface area contributed by atoms with Gasteiger partial charge in [0.15, 0.2) is 0 Å². The average Bonchev–Trinajstić information content (AvgIpc) is 2.63. The maximum absolute atomic E-state index is 13.0. The van der Waals surface area contributed by atoms with E-state index in [0.29, 0.717) is 12.5 Å². The van der Waals surface area contributed by atoms with Crippen LogP contribution < -0.4 is 11.9 Å². The van der Waals surface area contributed by atoms with Crippen molar-refractivity contribution < 1.29 is 4.79 Å². The van der Waals surface area contributed by atoms with Crippen LogP contribution in [-0.4, -0.2) is 28.9 Å². The van der Waals surface area contributed by atoms with Crippen LogP contribution in [0.15, 0.2) is 36.5 Å². The van der Waals surface area contributed by atoms with Gasteiger partial charge in [-0.25, -0.2) is 0 Å². The molecule has 2 heterocycles. The molecule has 1 atom stereocenters. The molecule has 1 fully saturated rings. The van der Waals surface area contributed by atoms with Gasteiger partial charge in [-0.15, -0.1) is 0 Å². The van der Waals surface area contributed by atoms with Crippen molar-refractivity contribution in [3.63, 3.8) is 0 Å². The van der Waals surface area contributed by atoms with Crippen LogP contribution in [-0.2, 0) is 6.54 Å². The van der Waals surface area contributed by atoms with Crippen LogP contribution in [0.4, 0.5) is 0 Å². The summed E-state index contributed by atoms with van der Waals surface area (Å²) in [6.45, 7) is 6.07. The van der Waals surface area contributed by atoms with Gasteiger partial charge in [-0.05, 0) is 49.4 Å². The number of carbonyl (C=O) groups is 1. The molecule has 0 radical (unpaired) electrons. The summed E-state index contributed by atoms with van der Waals surface area (Å²) in [5.41, 5.74) is 10.9. The van der Waals surface area contributed by atoms with E-state index in [0.717, 1.165) is 48.3 Å². The second-order valence-electron chi connectivity index (χ2n) is 6.61. The predicted octanol–water partition coefficient (Wildman–Crippen LogP) is 3.34. The number of pyridine rings is 1. The molecule has 0 saturated carbocycles. The highest BCUT2D eigenvalue weighted by Crippen LogP contribution is 2.28. The SMILES string of the molecule is Cc1nccc(C(=O)N2CCCC(c3cccc(CN)c3)C2)c1C.N. The largest absolute Gasteiger partial charge is 0.344 e. The first kappa shape index (κ1) is 19.1. The van der Waals surface area contributed by atoms with E-state index in [1.807, 2.05) is 24.8 Å². The number of amides is 1. The average molecular weight is 340 g/mol. The monoisotopic (exact) mass is 340 g/mol. The predicted molar refractivity (Wildman–Crippen MR) is 101 cm³/mol. The molecular weight excluding hydrogens is 312 g/mol. The molecule has 1 unspecified atom stereocenters. The van der Waals surface area contributed by atoms with Gasteiger partial charge >= 0.3 is 0 Å². The quantitative estimate of drug-likeness (QED) is 0.896. The number of hydrogen-bond donors (Lipinski definition) is 2. The van der Waals surface area contributed by atoms with E-state index >= 15 is 0 Å². The Labute approximate surface area is 149 Å². The van der Waals surface area contributed by atoms with Crippen LogP contribution >= 0.6 is 0 Å². The number of rotatable bonds is 3. The molecule has 1 amide bonds. The Kier molecular flexibility index (Phi) is 6.28. The summed E-state index contributed by atoms with van der Waals surface area (Å²) in [4.78, 5) is 19.2. The second-order valence-corrected chi connectivity index (χ2v) is 6.61. The molecule has 2 aromatic rings. The molecule has 1 aromatic heterocycles. The molecule has 5 nitrogen and oxygen atoms in total. The number of aryl methyl sites for hydroxylation is 1. The Morgan fingerprint density at radius 2 is 2.12 bits per heavy atom. The van der Waals surface area contributed by atoms with Gasteiger partial charge in [0.25, 0.3) is 5.91 Å². The summed E-state index contributed by atoms with van der Waals surface area (Å²) in [7, 11) is 0. The summed E-state index contributed by atoms with van der Waals surface area (Å²) < 4.78 is 0. The molecule has 25 heavy (non-hydrogen) atoms. The molecular formula is C20H28N4O. The molecule has 1 aliphatic rings. The van der Waals surface area contributed by atoms with Crippen molar-refractivity contribution in [2.75, 3.05) is 13.1 Å². The molecule has 1 aliphatic heterocycles. The Balaban J connectivity index is 0.00000225. The van der Waals surface area contributed by atoms with Crippen LogP contribution in [0.3, 0.4) is 0 Å². The Morgan fingerprint density at radius 3 is 2.88 bits per heavy atom. The third-order valence-corrected chi connectivity index (χ3v) is 5.05. The van der Waals surface area contributed by atoms with Crippen LogP contribution in [0.25, 0.3) is 0 Å². The lowest BCUT2D eigenvalue weighted by molar-refractivity contribution is 0.0706. The molecule has 1 saturated heterocycles. The minimum Gasteiger partial charge on any atom is -0.344 e. The minimum absolute atomic E-state index is 0. The molecule has 134 valence electrons. The van der Waals surface area contributed by atoms with Crippen molar-refractivity contribution in [1.29, 1.82) is 0 Å². The lowest BCUT2D eigenvalue weighted by atomic mass is 9.89. The number of carbonyl (C=O) groups excluding carboxylic acids is 1. The topological polar surface area (TPSA) is 94.2 Å². The van der Waals surface area contributed by atoms with E-state index in [2.05, 4.69) is 29.2 Å². The molecule has 3 rings (SSSR count). The van der Waals surface area contributed by atoms with Crippen LogP contribution in [0, 0.1) is 13.8 Å². The van der Waals surface area contributed by atoms with Gasteiger partial charge in [0.2, 0.25) is 0 Å². The lowest BCUT2D eigenvalue weighted by Crippen LogP contribution is -2.39. The molecule has 0 bridgehead atoms. The molecule has 5 N–H and O–H groups in total. The third kappa shape index (κ3) is 4.06. The zero-order valence-corrected chi connectivity index (χ0v) is 15.2. The minimum atomic E-state index is 0. The number of nitrogens with zero attached hydrogens (tertiary/aromatic N) is 2. The van der Waals surface area contributed by atoms with E-state index in [4.69, 9.17) is 5.73 Å². The summed E-state index contributed by atoms with van der Waals surface area (Å²) in [5, 5.41) is 0. The van der Waals surface area contributed by atoms with Crippen molar-refractivity contribution >= 4 is 5.91 Å². The van der Waals surface area contributed by atoms with Crippen molar-refractivity contribution in [3.8, 4) is 0 Å². The summed E-state index contributed by atoms with van der Waals surface area (Å²) in [6, 6.07) is 10.3. The Hall–Kier alpha value is -2.24. The van der Waals surface area contributed by atoms with Gasteiger partial charge in [0.1, 0.15) is 0 Å². The third-order valence-electron chi connectivity index (χ3n) is 5.05. The Bertz CT molecular complexity index is 744. The highest BCUT2D eigenvalue weighted by Gasteiger charge is 2.26. The van der Waals surface area contributed by atoms with Gasteiger partial charge in [0, 0.05) is 43.0 Å². The van der Waals surface area contributed by atoms with E-state index in [9.17, 15) is 4.79 Å². The van der Waals surface area contributed by atoms with Crippen molar-refractivity contribution in [3.05, 3.63) is 64.5 Å². The van der Waals surface area contributed by atoms with Gasteiger partial charge in [0.05, 0.1) is 0 Å². The summed E-state index contributed by atoms with van der Waals surface area (Å²) in [6.07, 6.45) is 3.88. The van der Waals surface area contributed by atoms with E-state index in [1.54, 1.807) is 6.20 Å². The van der Waals surface area contributed by atoms with Crippen molar-refractivity contribution in [2.24, 2.45) is 5.73 Å².